The van der Waals surface area contributed by atoms with E-state index < -0.39 is 9.05 Å². The predicted molar refractivity (Wildman–Crippen MR) is 32.6 cm³/mol. The molecule has 0 aromatic rings. The fraction of sp³-hybridized carbons (Fsp3) is 1.00. The Morgan fingerprint density at radius 3 is 1.75 bits per heavy atom. The lowest BCUT2D eigenvalue weighted by Crippen LogP contribution is -2.38. The Balaban J connectivity index is 0. The SMILES string of the molecule is CCO[Si](O)(O)O.[MgH2]. The fourth-order valence-electron chi connectivity index (χ4n) is 0.194. The zero-order valence-corrected chi connectivity index (χ0v) is 4.96. The largest absolute Gasteiger partial charge is 0.671 e. The average molecular weight is 150 g/mol. The second-order valence-electron chi connectivity index (χ2n) is 1.01. The van der Waals surface area contributed by atoms with Gasteiger partial charge in [-0.05, 0) is 6.92 Å². The highest BCUT2D eigenvalue weighted by molar-refractivity contribution is 6.48. The van der Waals surface area contributed by atoms with E-state index in [9.17, 15) is 0 Å². The molecule has 0 saturated carbocycles. The summed E-state index contributed by atoms with van der Waals surface area (Å²) in [7, 11) is -4.16. The van der Waals surface area contributed by atoms with Gasteiger partial charge >= 0.3 is 32.1 Å². The Kier molecular flexibility index (Phi) is 6.78. The summed E-state index contributed by atoms with van der Waals surface area (Å²) >= 11 is 0. The van der Waals surface area contributed by atoms with Crippen molar-refractivity contribution in [3.8, 4) is 0 Å². The molecular weight excluding hydrogens is 140 g/mol. The van der Waals surface area contributed by atoms with Crippen molar-refractivity contribution in [3.05, 3.63) is 0 Å². The second kappa shape index (κ2) is 4.68. The summed E-state index contributed by atoms with van der Waals surface area (Å²) in [4.78, 5) is 24.1. The van der Waals surface area contributed by atoms with Crippen LogP contribution in [0, 0.1) is 0 Å². The van der Waals surface area contributed by atoms with E-state index in [0.29, 0.717) is 0 Å². The van der Waals surface area contributed by atoms with Crippen LogP contribution < -0.4 is 0 Å². The van der Waals surface area contributed by atoms with E-state index in [4.69, 9.17) is 14.4 Å². The van der Waals surface area contributed by atoms with Crippen LogP contribution in [0.2, 0.25) is 0 Å². The maximum Gasteiger partial charge on any atom is 0.671 e. The molecule has 0 rings (SSSR count). The first-order valence-electron chi connectivity index (χ1n) is 1.87. The van der Waals surface area contributed by atoms with Crippen molar-refractivity contribution in [2.45, 2.75) is 6.92 Å². The van der Waals surface area contributed by atoms with Gasteiger partial charge in [0, 0.05) is 6.61 Å². The summed E-state index contributed by atoms with van der Waals surface area (Å²) in [6.45, 7) is 1.68. The fourth-order valence-corrected chi connectivity index (χ4v) is 0.581. The molecule has 4 nitrogen and oxygen atoms in total. The Hall–Kier alpha value is 0.823. The summed E-state index contributed by atoms with van der Waals surface area (Å²) in [6, 6.07) is 0. The molecule has 0 saturated heterocycles. The third-order valence-corrected chi connectivity index (χ3v) is 1.01. The van der Waals surface area contributed by atoms with Crippen LogP contribution in [0.1, 0.15) is 6.92 Å². The molecule has 3 N–H and O–H groups in total. The highest BCUT2D eigenvalue weighted by Gasteiger charge is 2.28. The topological polar surface area (TPSA) is 69.9 Å². The van der Waals surface area contributed by atoms with E-state index in [1.54, 1.807) is 6.92 Å². The van der Waals surface area contributed by atoms with Gasteiger partial charge in [-0.25, -0.2) is 0 Å². The molecule has 8 heavy (non-hydrogen) atoms. The van der Waals surface area contributed by atoms with Crippen molar-refractivity contribution in [1.82, 2.24) is 0 Å². The third kappa shape index (κ3) is 9.95. The van der Waals surface area contributed by atoms with Gasteiger partial charge in [-0.1, -0.05) is 0 Å². The molecular formula is C2H10MgO4Si. The molecule has 0 amide bonds. The van der Waals surface area contributed by atoms with E-state index in [1.165, 1.54) is 0 Å². The molecule has 0 unspecified atom stereocenters. The lowest BCUT2D eigenvalue weighted by molar-refractivity contribution is 0.0687. The van der Waals surface area contributed by atoms with Crippen molar-refractivity contribution in [1.29, 1.82) is 0 Å². The first kappa shape index (κ1) is 11.6. The maximum atomic E-state index is 8.05. The van der Waals surface area contributed by atoms with Gasteiger partial charge in [0.2, 0.25) is 0 Å². The van der Waals surface area contributed by atoms with Gasteiger partial charge in [-0.3, -0.25) is 0 Å². The molecule has 0 aromatic heterocycles. The average Bonchev–Trinajstić information content (AvgIpc) is 1.30. The molecule has 0 bridgehead atoms. The molecule has 0 fully saturated rings. The van der Waals surface area contributed by atoms with E-state index in [2.05, 4.69) is 4.43 Å². The highest BCUT2D eigenvalue weighted by atomic mass is 28.4. The minimum atomic E-state index is -4.16. The van der Waals surface area contributed by atoms with Crippen molar-refractivity contribution in [3.63, 3.8) is 0 Å². The van der Waals surface area contributed by atoms with E-state index in [-0.39, 0.29) is 29.7 Å². The van der Waals surface area contributed by atoms with Crippen LogP contribution >= 0.6 is 0 Å². The molecule has 0 heterocycles. The number of rotatable bonds is 2. The zero-order valence-electron chi connectivity index (χ0n) is 3.96. The van der Waals surface area contributed by atoms with Crippen LogP contribution in [0.3, 0.4) is 0 Å². The Bertz CT molecular complexity index is 52.5. The molecule has 6 heteroatoms. The van der Waals surface area contributed by atoms with Crippen molar-refractivity contribution >= 4 is 32.1 Å². The van der Waals surface area contributed by atoms with Crippen LogP contribution in [0.4, 0.5) is 0 Å². The summed E-state index contributed by atoms with van der Waals surface area (Å²) in [6.07, 6.45) is 0. The summed E-state index contributed by atoms with van der Waals surface area (Å²) < 4.78 is 4.03. The zero-order chi connectivity index (χ0) is 5.91. The molecule has 0 aliphatic rings. The van der Waals surface area contributed by atoms with E-state index >= 15 is 0 Å². The van der Waals surface area contributed by atoms with E-state index in [1.807, 2.05) is 0 Å². The minimum Gasteiger partial charge on any atom is -0.368 e. The van der Waals surface area contributed by atoms with Gasteiger partial charge in [-0.2, -0.15) is 0 Å². The summed E-state index contributed by atoms with van der Waals surface area (Å²) in [5.74, 6) is 0. The van der Waals surface area contributed by atoms with Crippen molar-refractivity contribution in [2.24, 2.45) is 0 Å². The highest BCUT2D eigenvalue weighted by Crippen LogP contribution is 1.85. The number of hydrogen-bond donors (Lipinski definition) is 3. The van der Waals surface area contributed by atoms with Crippen LogP contribution in [0.15, 0.2) is 0 Å². The maximum absolute atomic E-state index is 8.05. The van der Waals surface area contributed by atoms with Gasteiger partial charge in [0.05, 0.1) is 0 Å². The Labute approximate surface area is 64.7 Å². The van der Waals surface area contributed by atoms with E-state index in [0.717, 1.165) is 0 Å². The van der Waals surface area contributed by atoms with Crippen LogP contribution in [-0.4, -0.2) is 53.1 Å². The van der Waals surface area contributed by atoms with Gasteiger partial charge in [-0.15, -0.1) is 0 Å². The lowest BCUT2D eigenvalue weighted by Gasteiger charge is -2.05. The minimum absolute atomic E-state index is 0. The standard InChI is InChI=1S/C2H8O4Si.Mg.2H/c1-2-6-7(3,4)5;;;/h3-5H,2H2,1H3;;;. The molecule has 0 atom stereocenters. The molecule has 0 radical (unpaired) electrons. The van der Waals surface area contributed by atoms with Crippen molar-refractivity contribution < 1.29 is 18.8 Å². The molecule has 0 aliphatic carbocycles. The third-order valence-electron chi connectivity index (χ3n) is 0.338. The molecule has 0 spiro atoms. The second-order valence-corrected chi connectivity index (χ2v) is 2.44. The summed E-state index contributed by atoms with van der Waals surface area (Å²) in [5, 5.41) is 0. The van der Waals surface area contributed by atoms with Crippen LogP contribution in [-0.2, 0) is 4.43 Å². The molecule has 48 valence electrons. The van der Waals surface area contributed by atoms with Gasteiger partial charge in [0.1, 0.15) is 0 Å². The molecule has 0 aliphatic heterocycles. The van der Waals surface area contributed by atoms with Crippen LogP contribution in [0.25, 0.3) is 0 Å². The smallest absolute Gasteiger partial charge is 0.368 e. The quantitative estimate of drug-likeness (QED) is 0.381. The first-order valence-corrected chi connectivity index (χ1v) is 3.62. The summed E-state index contributed by atoms with van der Waals surface area (Å²) in [5.41, 5.74) is 0. The lowest BCUT2D eigenvalue weighted by atomic mass is 10.9. The monoisotopic (exact) mass is 150 g/mol. The van der Waals surface area contributed by atoms with Gasteiger partial charge in [0.15, 0.2) is 0 Å². The first-order chi connectivity index (χ1) is 3.06. The van der Waals surface area contributed by atoms with Crippen LogP contribution in [0.5, 0.6) is 0 Å². The van der Waals surface area contributed by atoms with Gasteiger partial charge < -0.3 is 18.8 Å². The van der Waals surface area contributed by atoms with Gasteiger partial charge in [0.25, 0.3) is 0 Å². The molecule has 0 aromatic carbocycles. The Morgan fingerprint density at radius 1 is 1.38 bits per heavy atom. The Morgan fingerprint density at radius 2 is 1.75 bits per heavy atom. The normalized spacial score (nSPS) is 10.5. The number of hydrogen-bond acceptors (Lipinski definition) is 4. The predicted octanol–water partition coefficient (Wildman–Crippen LogP) is -2.48. The van der Waals surface area contributed by atoms with Crippen molar-refractivity contribution in [2.75, 3.05) is 6.61 Å².